The highest BCUT2D eigenvalue weighted by atomic mass is 16.5. The third-order valence-corrected chi connectivity index (χ3v) is 7.38. The molecule has 1 fully saturated rings. The van der Waals surface area contributed by atoms with Gasteiger partial charge in [-0.2, -0.15) is 5.10 Å². The monoisotopic (exact) mass is 540 g/mol. The van der Waals surface area contributed by atoms with Crippen LogP contribution in [0.15, 0.2) is 49.4 Å². The molecule has 9 nitrogen and oxygen atoms in total. The molecule has 208 valence electrons. The van der Waals surface area contributed by atoms with Crippen LogP contribution in [-0.2, 0) is 16.1 Å². The van der Waals surface area contributed by atoms with E-state index in [4.69, 9.17) is 4.74 Å². The standard InChI is InChI=1S/C31H36N6O3/c1-6-26(38)34-25-15-22(10-9-20(25)4)28-27-21(5)24(31(39)40-19(2)3)17-32-30(27)35-29(28)23-16-33-37(18-23)14-13-36-11-7-8-12-36/h6,9-10,15-19H,1,7-8,11-14H2,2-5H3,(H,32,35)(H,34,38). The maximum atomic E-state index is 12.9. The summed E-state index contributed by atoms with van der Waals surface area (Å²) < 4.78 is 7.47. The van der Waals surface area contributed by atoms with Crippen molar-refractivity contribution in [3.8, 4) is 22.4 Å². The Kier molecular flexibility index (Phi) is 7.84. The summed E-state index contributed by atoms with van der Waals surface area (Å²) in [5.41, 5.74) is 6.97. The number of carbonyl (C=O) groups excluding carboxylic acids is 2. The number of hydrogen-bond acceptors (Lipinski definition) is 6. The smallest absolute Gasteiger partial charge is 0.340 e. The van der Waals surface area contributed by atoms with Gasteiger partial charge in [0.15, 0.2) is 0 Å². The number of amides is 1. The highest BCUT2D eigenvalue weighted by Gasteiger charge is 2.24. The van der Waals surface area contributed by atoms with E-state index in [0.29, 0.717) is 16.9 Å². The van der Waals surface area contributed by atoms with Crippen molar-refractivity contribution in [3.63, 3.8) is 0 Å². The summed E-state index contributed by atoms with van der Waals surface area (Å²) in [5.74, 6) is -0.691. The Hall–Kier alpha value is -4.24. The van der Waals surface area contributed by atoms with E-state index in [1.165, 1.54) is 18.9 Å². The lowest BCUT2D eigenvalue weighted by molar-refractivity contribution is -0.111. The van der Waals surface area contributed by atoms with Gasteiger partial charge < -0.3 is 19.9 Å². The normalized spacial score (nSPS) is 13.7. The average Bonchev–Trinajstić information content (AvgIpc) is 3.68. The molecule has 0 radical (unpaired) electrons. The number of aromatic amines is 1. The first-order valence-electron chi connectivity index (χ1n) is 13.8. The fourth-order valence-electron chi connectivity index (χ4n) is 5.26. The van der Waals surface area contributed by atoms with Crippen LogP contribution in [0.2, 0.25) is 0 Å². The number of anilines is 1. The molecule has 0 bridgehead atoms. The predicted octanol–water partition coefficient (Wildman–Crippen LogP) is 5.50. The second-order valence-corrected chi connectivity index (χ2v) is 10.6. The van der Waals surface area contributed by atoms with E-state index in [0.717, 1.165) is 65.1 Å². The topological polar surface area (TPSA) is 105 Å². The molecule has 0 atom stereocenters. The number of likely N-dealkylation sites (tertiary alicyclic amines) is 1. The number of benzene rings is 1. The maximum Gasteiger partial charge on any atom is 0.340 e. The minimum atomic E-state index is -0.409. The number of pyridine rings is 1. The number of aromatic nitrogens is 4. The maximum absolute atomic E-state index is 12.9. The molecule has 2 N–H and O–H groups in total. The highest BCUT2D eigenvalue weighted by Crippen LogP contribution is 2.41. The van der Waals surface area contributed by atoms with Crippen LogP contribution in [0.25, 0.3) is 33.4 Å². The summed E-state index contributed by atoms with van der Waals surface area (Å²) in [6, 6.07) is 5.93. The zero-order valence-corrected chi connectivity index (χ0v) is 23.6. The van der Waals surface area contributed by atoms with Gasteiger partial charge in [-0.15, -0.1) is 0 Å². The quantitative estimate of drug-likeness (QED) is 0.215. The van der Waals surface area contributed by atoms with Crippen LogP contribution in [0.4, 0.5) is 5.69 Å². The SMILES string of the molecule is C=CC(=O)Nc1cc(-c2c(-c3cnn(CCN4CCCC4)c3)[nH]c3ncc(C(=O)OC(C)C)c(C)c23)ccc1C. The number of rotatable bonds is 9. The Morgan fingerprint density at radius 3 is 2.65 bits per heavy atom. The minimum Gasteiger partial charge on any atom is -0.459 e. The van der Waals surface area contributed by atoms with E-state index in [1.807, 2.05) is 63.0 Å². The number of fused-ring (bicyclic) bond motifs is 1. The van der Waals surface area contributed by atoms with Gasteiger partial charge in [0.2, 0.25) is 5.91 Å². The number of H-pyrrole nitrogens is 1. The Morgan fingerprint density at radius 1 is 1.15 bits per heavy atom. The first kappa shape index (κ1) is 27.3. The van der Waals surface area contributed by atoms with Crippen LogP contribution in [0.3, 0.4) is 0 Å². The summed E-state index contributed by atoms with van der Waals surface area (Å²) in [7, 11) is 0. The molecule has 0 aliphatic carbocycles. The van der Waals surface area contributed by atoms with Crippen molar-refractivity contribution < 1.29 is 14.3 Å². The van der Waals surface area contributed by atoms with Crippen LogP contribution in [0.5, 0.6) is 0 Å². The van der Waals surface area contributed by atoms with Crippen molar-refractivity contribution in [1.29, 1.82) is 0 Å². The molecule has 4 aromatic rings. The number of hydrogen-bond donors (Lipinski definition) is 2. The Balaban J connectivity index is 1.63. The first-order valence-corrected chi connectivity index (χ1v) is 13.8. The lowest BCUT2D eigenvalue weighted by Gasteiger charge is -2.14. The molecule has 1 saturated heterocycles. The van der Waals surface area contributed by atoms with Gasteiger partial charge in [0.25, 0.3) is 0 Å². The van der Waals surface area contributed by atoms with Crippen molar-refractivity contribution in [2.24, 2.45) is 0 Å². The van der Waals surface area contributed by atoms with Gasteiger partial charge >= 0.3 is 5.97 Å². The molecule has 1 aromatic carbocycles. The molecule has 0 unspecified atom stereocenters. The first-order chi connectivity index (χ1) is 19.2. The fourth-order valence-corrected chi connectivity index (χ4v) is 5.26. The van der Waals surface area contributed by atoms with Gasteiger partial charge in [0, 0.05) is 41.1 Å². The van der Waals surface area contributed by atoms with Crippen LogP contribution < -0.4 is 5.32 Å². The van der Waals surface area contributed by atoms with E-state index in [-0.39, 0.29) is 12.0 Å². The summed E-state index contributed by atoms with van der Waals surface area (Å²) in [5, 5.41) is 8.38. The molecular formula is C31H36N6O3. The Bertz CT molecular complexity index is 1580. The third-order valence-electron chi connectivity index (χ3n) is 7.38. The molecule has 5 rings (SSSR count). The van der Waals surface area contributed by atoms with Crippen molar-refractivity contribution in [1.82, 2.24) is 24.6 Å². The second-order valence-electron chi connectivity index (χ2n) is 10.6. The highest BCUT2D eigenvalue weighted by molar-refractivity contribution is 6.08. The molecule has 1 amide bonds. The van der Waals surface area contributed by atoms with Crippen LogP contribution in [0, 0.1) is 13.8 Å². The summed E-state index contributed by atoms with van der Waals surface area (Å²) >= 11 is 0. The van der Waals surface area contributed by atoms with Gasteiger partial charge in [-0.1, -0.05) is 18.7 Å². The van der Waals surface area contributed by atoms with Crippen molar-refractivity contribution >= 4 is 28.6 Å². The van der Waals surface area contributed by atoms with E-state index < -0.39 is 5.97 Å². The third kappa shape index (κ3) is 5.56. The van der Waals surface area contributed by atoms with E-state index >= 15 is 0 Å². The number of ether oxygens (including phenoxy) is 1. The Labute approximate surface area is 234 Å². The molecule has 0 spiro atoms. The van der Waals surface area contributed by atoms with Crippen LogP contribution >= 0.6 is 0 Å². The van der Waals surface area contributed by atoms with Gasteiger partial charge in [0.05, 0.1) is 30.1 Å². The summed E-state index contributed by atoms with van der Waals surface area (Å²) in [6.07, 6.45) is 8.99. The largest absolute Gasteiger partial charge is 0.459 e. The fraction of sp³-hybridized carbons (Fsp3) is 0.355. The zero-order valence-electron chi connectivity index (χ0n) is 23.6. The molecule has 1 aliphatic heterocycles. The number of nitrogens with one attached hydrogen (secondary N) is 2. The number of nitrogens with zero attached hydrogens (tertiary/aromatic N) is 4. The van der Waals surface area contributed by atoms with E-state index in [9.17, 15) is 9.59 Å². The molecular weight excluding hydrogens is 504 g/mol. The van der Waals surface area contributed by atoms with Gasteiger partial charge in [0.1, 0.15) is 5.65 Å². The van der Waals surface area contributed by atoms with E-state index in [2.05, 4.69) is 31.9 Å². The van der Waals surface area contributed by atoms with Crippen molar-refractivity contribution in [2.45, 2.75) is 53.2 Å². The minimum absolute atomic E-state index is 0.247. The van der Waals surface area contributed by atoms with Crippen LogP contribution in [0.1, 0.15) is 48.2 Å². The second kappa shape index (κ2) is 11.5. The molecule has 3 aromatic heterocycles. The molecule has 1 aliphatic rings. The number of carbonyl (C=O) groups is 2. The van der Waals surface area contributed by atoms with Crippen molar-refractivity contribution in [2.75, 3.05) is 25.0 Å². The lowest BCUT2D eigenvalue weighted by Crippen LogP contribution is -2.24. The molecule has 40 heavy (non-hydrogen) atoms. The summed E-state index contributed by atoms with van der Waals surface area (Å²) in [4.78, 5) is 35.7. The molecule has 9 heteroatoms. The van der Waals surface area contributed by atoms with Gasteiger partial charge in [-0.3, -0.25) is 9.48 Å². The van der Waals surface area contributed by atoms with Crippen molar-refractivity contribution in [3.05, 3.63) is 66.1 Å². The van der Waals surface area contributed by atoms with Crippen LogP contribution in [-0.4, -0.2) is 62.3 Å². The molecule has 4 heterocycles. The van der Waals surface area contributed by atoms with Gasteiger partial charge in [-0.25, -0.2) is 9.78 Å². The summed E-state index contributed by atoms with van der Waals surface area (Å²) in [6.45, 7) is 15.1. The average molecular weight is 541 g/mol. The molecule has 0 saturated carbocycles. The predicted molar refractivity (Wildman–Crippen MR) is 157 cm³/mol. The number of aryl methyl sites for hydroxylation is 2. The zero-order chi connectivity index (χ0) is 28.4. The number of esters is 1. The Morgan fingerprint density at radius 2 is 1.93 bits per heavy atom. The lowest BCUT2D eigenvalue weighted by atomic mass is 9.95. The van der Waals surface area contributed by atoms with Gasteiger partial charge in [-0.05, 0) is 82.5 Å². The van der Waals surface area contributed by atoms with E-state index in [1.54, 1.807) is 6.20 Å².